The molecule has 0 saturated carbocycles. The van der Waals surface area contributed by atoms with Gasteiger partial charge in [-0.1, -0.05) is 13.8 Å². The monoisotopic (exact) mass is 348 g/mol. The van der Waals surface area contributed by atoms with Gasteiger partial charge in [0.15, 0.2) is 0 Å². The van der Waals surface area contributed by atoms with Gasteiger partial charge in [0.05, 0.1) is 26.5 Å². The Morgan fingerprint density at radius 3 is 3.00 bits per heavy atom. The van der Waals surface area contributed by atoms with Crippen molar-refractivity contribution in [2.45, 2.75) is 25.8 Å². The minimum absolute atomic E-state index is 0.110. The summed E-state index contributed by atoms with van der Waals surface area (Å²) >= 11 is 0. The molecule has 0 aromatic carbocycles. The number of methoxy groups -OCH3 is 1. The number of anilines is 1. The molecule has 1 aliphatic rings. The lowest BCUT2D eigenvalue weighted by Gasteiger charge is -2.33. The average Bonchev–Trinajstić information content (AvgIpc) is 3.12. The molecule has 3 heterocycles. The van der Waals surface area contributed by atoms with Crippen molar-refractivity contribution in [3.8, 4) is 5.88 Å². The molecule has 10 heteroatoms. The van der Waals surface area contributed by atoms with Crippen molar-refractivity contribution < 1.29 is 18.7 Å². The van der Waals surface area contributed by atoms with E-state index in [0.717, 1.165) is 0 Å². The highest BCUT2D eigenvalue weighted by Crippen LogP contribution is 2.27. The van der Waals surface area contributed by atoms with Gasteiger partial charge in [-0.25, -0.2) is 9.78 Å². The molecule has 1 aliphatic heterocycles. The summed E-state index contributed by atoms with van der Waals surface area (Å²) in [6.07, 6.45) is 2.82. The summed E-state index contributed by atoms with van der Waals surface area (Å²) in [5.41, 5.74) is 0.383. The van der Waals surface area contributed by atoms with Crippen LogP contribution in [0.15, 0.2) is 16.9 Å². The second-order valence-corrected chi connectivity index (χ2v) is 5.79. The Morgan fingerprint density at radius 2 is 2.28 bits per heavy atom. The zero-order valence-corrected chi connectivity index (χ0v) is 14.3. The number of nitrogens with one attached hydrogen (secondary N) is 1. The van der Waals surface area contributed by atoms with Crippen molar-refractivity contribution in [3.05, 3.63) is 24.3 Å². The van der Waals surface area contributed by atoms with Crippen LogP contribution in [0.5, 0.6) is 5.88 Å². The molecule has 3 rings (SSSR count). The number of rotatable bonds is 4. The first-order valence-electron chi connectivity index (χ1n) is 7.92. The van der Waals surface area contributed by atoms with Crippen molar-refractivity contribution in [2.24, 2.45) is 0 Å². The molecular weight excluding hydrogens is 328 g/mol. The summed E-state index contributed by atoms with van der Waals surface area (Å²) in [4.78, 5) is 22.2. The lowest BCUT2D eigenvalue weighted by Crippen LogP contribution is -2.45. The van der Waals surface area contributed by atoms with E-state index in [2.05, 4.69) is 25.5 Å². The van der Waals surface area contributed by atoms with Gasteiger partial charge in [0, 0.05) is 12.5 Å². The quantitative estimate of drug-likeness (QED) is 0.886. The number of hydrogen-bond donors (Lipinski definition) is 1. The predicted octanol–water partition coefficient (Wildman–Crippen LogP) is 1.60. The molecule has 2 amide bonds. The third-order valence-corrected chi connectivity index (χ3v) is 3.74. The standard InChI is InChI=1S/C15H20N6O4/c1-9(2)12-19-20-14(25-12)11-7-24-5-4-21(11)15(22)18-10-6-16-8-17-13(10)23-3/h6,8-9,11H,4-5,7H2,1-3H3,(H,18,22). The van der Waals surface area contributed by atoms with Gasteiger partial charge in [0.25, 0.3) is 0 Å². The van der Waals surface area contributed by atoms with Gasteiger partial charge in [-0.15, -0.1) is 10.2 Å². The van der Waals surface area contributed by atoms with Gasteiger partial charge >= 0.3 is 6.03 Å². The highest BCUT2D eigenvalue weighted by molar-refractivity contribution is 5.90. The number of amides is 2. The van der Waals surface area contributed by atoms with Crippen molar-refractivity contribution in [1.29, 1.82) is 0 Å². The van der Waals surface area contributed by atoms with Crippen LogP contribution in [0.1, 0.15) is 37.6 Å². The van der Waals surface area contributed by atoms with Gasteiger partial charge in [0.2, 0.25) is 17.7 Å². The van der Waals surface area contributed by atoms with Gasteiger partial charge in [-0.05, 0) is 0 Å². The molecule has 0 aliphatic carbocycles. The molecule has 0 bridgehead atoms. The Balaban J connectivity index is 1.79. The average molecular weight is 348 g/mol. The SMILES string of the molecule is COc1ncncc1NC(=O)N1CCOCC1c1nnc(C(C)C)o1. The van der Waals surface area contributed by atoms with Crippen LogP contribution in [0, 0.1) is 0 Å². The summed E-state index contributed by atoms with van der Waals surface area (Å²) in [5, 5.41) is 10.8. The van der Waals surface area contributed by atoms with E-state index >= 15 is 0 Å². The van der Waals surface area contributed by atoms with E-state index in [-0.39, 0.29) is 24.4 Å². The van der Waals surface area contributed by atoms with E-state index in [4.69, 9.17) is 13.9 Å². The van der Waals surface area contributed by atoms with Gasteiger partial charge in [-0.3, -0.25) is 0 Å². The second-order valence-electron chi connectivity index (χ2n) is 5.79. The number of aromatic nitrogens is 4. The lowest BCUT2D eigenvalue weighted by molar-refractivity contribution is 0.00493. The predicted molar refractivity (Wildman–Crippen MR) is 86.3 cm³/mol. The van der Waals surface area contributed by atoms with Crippen LogP contribution >= 0.6 is 0 Å². The van der Waals surface area contributed by atoms with Crippen molar-refractivity contribution in [2.75, 3.05) is 32.2 Å². The molecule has 2 aromatic heterocycles. The smallest absolute Gasteiger partial charge is 0.322 e. The molecule has 0 radical (unpaired) electrons. The maximum atomic E-state index is 12.7. The first-order chi connectivity index (χ1) is 12.1. The van der Waals surface area contributed by atoms with Crippen LogP contribution in [0.4, 0.5) is 10.5 Å². The molecule has 1 saturated heterocycles. The maximum Gasteiger partial charge on any atom is 0.322 e. The third-order valence-electron chi connectivity index (χ3n) is 3.74. The molecular formula is C15H20N6O4. The number of morpholine rings is 1. The zero-order chi connectivity index (χ0) is 17.8. The normalized spacial score (nSPS) is 17.6. The summed E-state index contributed by atoms with van der Waals surface area (Å²) < 4.78 is 16.3. The zero-order valence-electron chi connectivity index (χ0n) is 14.3. The van der Waals surface area contributed by atoms with E-state index in [1.165, 1.54) is 19.6 Å². The number of carbonyl (C=O) groups is 1. The van der Waals surface area contributed by atoms with Gasteiger partial charge in [0.1, 0.15) is 18.1 Å². The number of urea groups is 1. The molecule has 25 heavy (non-hydrogen) atoms. The third kappa shape index (κ3) is 3.68. The molecule has 1 atom stereocenters. The Labute approximate surface area is 144 Å². The Kier molecular flexibility index (Phi) is 5.08. The lowest BCUT2D eigenvalue weighted by atomic mass is 10.2. The van der Waals surface area contributed by atoms with Crippen LogP contribution in [-0.2, 0) is 4.74 Å². The van der Waals surface area contributed by atoms with Crippen molar-refractivity contribution >= 4 is 11.7 Å². The number of ether oxygens (including phenoxy) is 2. The highest BCUT2D eigenvalue weighted by Gasteiger charge is 2.33. The van der Waals surface area contributed by atoms with Crippen LogP contribution in [0.25, 0.3) is 0 Å². The second kappa shape index (κ2) is 7.43. The van der Waals surface area contributed by atoms with Gasteiger partial charge < -0.3 is 24.1 Å². The molecule has 1 N–H and O–H groups in total. The molecule has 10 nitrogen and oxygen atoms in total. The highest BCUT2D eigenvalue weighted by atomic mass is 16.5. The van der Waals surface area contributed by atoms with Crippen molar-refractivity contribution in [3.63, 3.8) is 0 Å². The van der Waals surface area contributed by atoms with E-state index in [1.807, 2.05) is 13.8 Å². The first-order valence-corrected chi connectivity index (χ1v) is 7.92. The first kappa shape index (κ1) is 17.1. The topological polar surface area (TPSA) is 116 Å². The van der Waals surface area contributed by atoms with E-state index in [0.29, 0.717) is 30.6 Å². The molecule has 2 aromatic rings. The molecule has 134 valence electrons. The van der Waals surface area contributed by atoms with Crippen LogP contribution in [0.3, 0.4) is 0 Å². The van der Waals surface area contributed by atoms with Crippen LogP contribution < -0.4 is 10.1 Å². The van der Waals surface area contributed by atoms with E-state index in [1.54, 1.807) is 4.90 Å². The minimum Gasteiger partial charge on any atom is -0.479 e. The fraction of sp³-hybridized carbons (Fsp3) is 0.533. The Hall–Kier alpha value is -2.75. The fourth-order valence-corrected chi connectivity index (χ4v) is 2.42. The summed E-state index contributed by atoms with van der Waals surface area (Å²) in [7, 11) is 1.47. The Bertz CT molecular complexity index is 734. The maximum absolute atomic E-state index is 12.7. The largest absolute Gasteiger partial charge is 0.479 e. The van der Waals surface area contributed by atoms with Crippen LogP contribution in [-0.4, -0.2) is 58.0 Å². The molecule has 1 unspecified atom stereocenters. The summed E-state index contributed by atoms with van der Waals surface area (Å²) in [6, 6.07) is -0.796. The van der Waals surface area contributed by atoms with Crippen LogP contribution in [0.2, 0.25) is 0 Å². The fourth-order valence-electron chi connectivity index (χ4n) is 2.42. The minimum atomic E-state index is -0.454. The Morgan fingerprint density at radius 1 is 1.44 bits per heavy atom. The van der Waals surface area contributed by atoms with Gasteiger partial charge in [-0.2, -0.15) is 4.98 Å². The van der Waals surface area contributed by atoms with E-state index < -0.39 is 6.04 Å². The number of carbonyl (C=O) groups excluding carboxylic acids is 1. The molecule has 0 spiro atoms. The summed E-state index contributed by atoms with van der Waals surface area (Å²) in [5.74, 6) is 1.28. The molecule has 1 fully saturated rings. The number of hydrogen-bond acceptors (Lipinski definition) is 8. The summed E-state index contributed by atoms with van der Waals surface area (Å²) in [6.45, 7) is 5.03. The number of nitrogens with zero attached hydrogens (tertiary/aromatic N) is 5. The van der Waals surface area contributed by atoms with E-state index in [9.17, 15) is 4.79 Å². The van der Waals surface area contributed by atoms with Crippen molar-refractivity contribution in [1.82, 2.24) is 25.1 Å².